The monoisotopic (exact) mass is 276 g/mol. The maximum absolute atomic E-state index is 13.4. The Kier molecular flexibility index (Phi) is 4.02. The number of aromatic nitrogens is 2. The number of hydrogen-bond acceptors (Lipinski definition) is 3. The average molecular weight is 276 g/mol. The van der Waals surface area contributed by atoms with E-state index in [1.165, 1.54) is 12.1 Å². The predicted octanol–water partition coefficient (Wildman–Crippen LogP) is 1.83. The van der Waals surface area contributed by atoms with Gasteiger partial charge >= 0.3 is 0 Å². The molecule has 2 aromatic rings. The summed E-state index contributed by atoms with van der Waals surface area (Å²) < 4.78 is 15.1. The molecule has 0 unspecified atom stereocenters. The van der Waals surface area contributed by atoms with E-state index in [2.05, 4.69) is 10.4 Å². The van der Waals surface area contributed by atoms with Crippen LogP contribution in [0.15, 0.2) is 24.4 Å². The lowest BCUT2D eigenvalue weighted by Crippen LogP contribution is -2.13. The van der Waals surface area contributed by atoms with E-state index < -0.39 is 11.7 Å². The minimum atomic E-state index is -0.776. The van der Waals surface area contributed by atoms with Crippen molar-refractivity contribution < 1.29 is 9.18 Å². The molecule has 20 heavy (non-hydrogen) atoms. The summed E-state index contributed by atoms with van der Waals surface area (Å²) in [4.78, 5) is 11.1. The standard InChI is InChI=1S/C14H17FN4O/c1-3-13-9(8-19(2)18-13)7-17-10-4-5-12(15)11(6-10)14(16)20/h4-6,8,17H,3,7H2,1-2H3,(H2,16,20). The van der Waals surface area contributed by atoms with E-state index in [1.807, 2.05) is 20.2 Å². The first-order chi connectivity index (χ1) is 9.51. The highest BCUT2D eigenvalue weighted by Gasteiger charge is 2.10. The third kappa shape index (κ3) is 2.96. The van der Waals surface area contributed by atoms with Crippen LogP contribution in [0.4, 0.5) is 10.1 Å². The molecule has 1 aromatic heterocycles. The van der Waals surface area contributed by atoms with Gasteiger partial charge in [0.2, 0.25) is 0 Å². The lowest BCUT2D eigenvalue weighted by molar-refractivity contribution is 0.0996. The number of nitrogens with one attached hydrogen (secondary N) is 1. The second-order valence-corrected chi connectivity index (χ2v) is 4.54. The molecule has 2 rings (SSSR count). The van der Waals surface area contributed by atoms with E-state index in [9.17, 15) is 9.18 Å². The van der Waals surface area contributed by atoms with Gasteiger partial charge in [0.15, 0.2) is 0 Å². The van der Waals surface area contributed by atoms with Crippen LogP contribution in [-0.2, 0) is 20.0 Å². The zero-order valence-electron chi connectivity index (χ0n) is 11.5. The summed E-state index contributed by atoms with van der Waals surface area (Å²) in [6.45, 7) is 2.59. The number of primary amides is 1. The van der Waals surface area contributed by atoms with Gasteiger partial charge in [0.25, 0.3) is 5.91 Å². The third-order valence-electron chi connectivity index (χ3n) is 3.04. The van der Waals surface area contributed by atoms with Crippen LogP contribution >= 0.6 is 0 Å². The Balaban J connectivity index is 2.14. The molecule has 0 saturated carbocycles. The lowest BCUT2D eigenvalue weighted by atomic mass is 10.1. The molecule has 3 N–H and O–H groups in total. The van der Waals surface area contributed by atoms with Crippen LogP contribution in [0.25, 0.3) is 0 Å². The second-order valence-electron chi connectivity index (χ2n) is 4.54. The van der Waals surface area contributed by atoms with Crippen molar-refractivity contribution in [2.24, 2.45) is 12.8 Å². The summed E-state index contributed by atoms with van der Waals surface area (Å²) in [6, 6.07) is 4.22. The maximum atomic E-state index is 13.4. The van der Waals surface area contributed by atoms with Gasteiger partial charge in [-0.25, -0.2) is 4.39 Å². The molecule has 0 radical (unpaired) electrons. The average Bonchev–Trinajstić information content (AvgIpc) is 2.77. The van der Waals surface area contributed by atoms with Crippen LogP contribution in [0.2, 0.25) is 0 Å². The fraction of sp³-hybridized carbons (Fsp3) is 0.286. The van der Waals surface area contributed by atoms with Gasteiger partial charge in [-0.2, -0.15) is 5.10 Å². The zero-order valence-corrected chi connectivity index (χ0v) is 11.5. The number of nitrogens with two attached hydrogens (primary N) is 1. The molecule has 0 atom stereocenters. The first-order valence-corrected chi connectivity index (χ1v) is 6.36. The Bertz CT molecular complexity index is 636. The summed E-state index contributed by atoms with van der Waals surface area (Å²) in [5, 5.41) is 7.49. The molecule has 1 heterocycles. The Morgan fingerprint density at radius 1 is 1.50 bits per heavy atom. The molecule has 0 saturated heterocycles. The van der Waals surface area contributed by atoms with E-state index in [1.54, 1.807) is 10.7 Å². The molecule has 6 heteroatoms. The van der Waals surface area contributed by atoms with Crippen molar-refractivity contribution >= 4 is 11.6 Å². The third-order valence-corrected chi connectivity index (χ3v) is 3.04. The molecule has 106 valence electrons. The van der Waals surface area contributed by atoms with E-state index >= 15 is 0 Å². The van der Waals surface area contributed by atoms with Crippen molar-refractivity contribution in [1.29, 1.82) is 0 Å². The van der Waals surface area contributed by atoms with Gasteiger partial charge in [-0.15, -0.1) is 0 Å². The molecule has 0 aliphatic heterocycles. The molecule has 0 aliphatic rings. The first kappa shape index (κ1) is 14.0. The van der Waals surface area contributed by atoms with Gasteiger partial charge in [0, 0.05) is 31.0 Å². The van der Waals surface area contributed by atoms with Gasteiger partial charge < -0.3 is 11.1 Å². The van der Waals surface area contributed by atoms with E-state index in [-0.39, 0.29) is 5.56 Å². The van der Waals surface area contributed by atoms with Crippen molar-refractivity contribution in [3.8, 4) is 0 Å². The lowest BCUT2D eigenvalue weighted by Gasteiger charge is -2.08. The number of hydrogen-bond donors (Lipinski definition) is 2. The largest absolute Gasteiger partial charge is 0.381 e. The maximum Gasteiger partial charge on any atom is 0.251 e. The molecule has 0 aliphatic carbocycles. The Morgan fingerprint density at radius 3 is 2.90 bits per heavy atom. The zero-order chi connectivity index (χ0) is 14.7. The molecular weight excluding hydrogens is 259 g/mol. The summed E-state index contributed by atoms with van der Waals surface area (Å²) >= 11 is 0. The number of carbonyl (C=O) groups is 1. The fourth-order valence-corrected chi connectivity index (χ4v) is 2.05. The van der Waals surface area contributed by atoms with Crippen molar-refractivity contribution in [3.05, 3.63) is 47.0 Å². The number of halogens is 1. The number of aryl methyl sites for hydroxylation is 2. The minimum Gasteiger partial charge on any atom is -0.381 e. The van der Waals surface area contributed by atoms with E-state index in [0.29, 0.717) is 12.2 Å². The highest BCUT2D eigenvalue weighted by molar-refractivity contribution is 5.94. The van der Waals surface area contributed by atoms with Crippen molar-refractivity contribution in [3.63, 3.8) is 0 Å². The van der Waals surface area contributed by atoms with Crippen LogP contribution in [0.1, 0.15) is 28.5 Å². The molecule has 0 bridgehead atoms. The predicted molar refractivity (Wildman–Crippen MR) is 74.8 cm³/mol. The van der Waals surface area contributed by atoms with Crippen molar-refractivity contribution in [2.45, 2.75) is 19.9 Å². The Labute approximate surface area is 116 Å². The SMILES string of the molecule is CCc1nn(C)cc1CNc1ccc(F)c(C(N)=O)c1. The number of amides is 1. The van der Waals surface area contributed by atoms with Gasteiger partial charge in [-0.3, -0.25) is 9.48 Å². The molecule has 1 aromatic carbocycles. The van der Waals surface area contributed by atoms with Crippen LogP contribution in [-0.4, -0.2) is 15.7 Å². The van der Waals surface area contributed by atoms with Gasteiger partial charge in [0.1, 0.15) is 5.82 Å². The molecule has 1 amide bonds. The normalized spacial score (nSPS) is 10.6. The van der Waals surface area contributed by atoms with Crippen LogP contribution in [0, 0.1) is 5.82 Å². The van der Waals surface area contributed by atoms with Crippen LogP contribution < -0.4 is 11.1 Å². The number of benzene rings is 1. The van der Waals surface area contributed by atoms with E-state index in [4.69, 9.17) is 5.73 Å². The van der Waals surface area contributed by atoms with Crippen molar-refractivity contribution in [1.82, 2.24) is 9.78 Å². The minimum absolute atomic E-state index is 0.114. The quantitative estimate of drug-likeness (QED) is 0.875. The summed E-state index contributed by atoms with van der Waals surface area (Å²) in [5.41, 5.74) is 7.73. The highest BCUT2D eigenvalue weighted by atomic mass is 19.1. The van der Waals surface area contributed by atoms with Crippen LogP contribution in [0.5, 0.6) is 0 Å². The number of anilines is 1. The summed E-state index contributed by atoms with van der Waals surface area (Å²) in [5.74, 6) is -1.39. The number of nitrogens with zero attached hydrogens (tertiary/aromatic N) is 2. The topological polar surface area (TPSA) is 72.9 Å². The fourth-order valence-electron chi connectivity index (χ4n) is 2.05. The number of rotatable bonds is 5. The summed E-state index contributed by atoms with van der Waals surface area (Å²) in [6.07, 6.45) is 2.78. The second kappa shape index (κ2) is 5.73. The van der Waals surface area contributed by atoms with Gasteiger partial charge in [-0.1, -0.05) is 6.92 Å². The smallest absolute Gasteiger partial charge is 0.251 e. The van der Waals surface area contributed by atoms with E-state index in [0.717, 1.165) is 17.7 Å². The van der Waals surface area contributed by atoms with Gasteiger partial charge in [-0.05, 0) is 24.6 Å². The highest BCUT2D eigenvalue weighted by Crippen LogP contribution is 2.16. The Hall–Kier alpha value is -2.37. The summed E-state index contributed by atoms with van der Waals surface area (Å²) in [7, 11) is 1.87. The molecule has 5 nitrogen and oxygen atoms in total. The van der Waals surface area contributed by atoms with Gasteiger partial charge in [0.05, 0.1) is 11.3 Å². The van der Waals surface area contributed by atoms with Crippen molar-refractivity contribution in [2.75, 3.05) is 5.32 Å². The number of carbonyl (C=O) groups excluding carboxylic acids is 1. The molecule has 0 fully saturated rings. The first-order valence-electron chi connectivity index (χ1n) is 6.36. The Morgan fingerprint density at radius 2 is 2.25 bits per heavy atom. The molecular formula is C14H17FN4O. The molecule has 0 spiro atoms. The van der Waals surface area contributed by atoms with Crippen LogP contribution in [0.3, 0.4) is 0 Å².